The van der Waals surface area contributed by atoms with Crippen LogP contribution in [-0.4, -0.2) is 25.9 Å². The van der Waals surface area contributed by atoms with Gasteiger partial charge in [-0.05, 0) is 25.5 Å². The summed E-state index contributed by atoms with van der Waals surface area (Å²) in [5, 5.41) is 7.54. The van der Waals surface area contributed by atoms with E-state index in [-0.39, 0.29) is 0 Å². The van der Waals surface area contributed by atoms with Crippen molar-refractivity contribution in [2.24, 2.45) is 0 Å². The Balaban J connectivity index is 1.69. The minimum absolute atomic E-state index is 0.861. The highest BCUT2D eigenvalue weighted by molar-refractivity contribution is 4.96. The lowest BCUT2D eigenvalue weighted by Crippen LogP contribution is -2.13. The normalized spacial score (nSPS) is 10.9. The smallest absolute Gasteiger partial charge is 0.0949 e. The molecule has 0 aliphatic rings. The zero-order valence-corrected chi connectivity index (χ0v) is 10.9. The van der Waals surface area contributed by atoms with Gasteiger partial charge >= 0.3 is 0 Å². The molecule has 2 heterocycles. The van der Waals surface area contributed by atoms with Crippen LogP contribution >= 0.6 is 0 Å². The van der Waals surface area contributed by atoms with Crippen LogP contribution in [0.5, 0.6) is 0 Å². The van der Waals surface area contributed by atoms with E-state index in [1.165, 1.54) is 0 Å². The first-order valence-electron chi connectivity index (χ1n) is 6.57. The SMILES string of the molecule is CCCNCc1cn(CCCn2cccn2)cn1. The summed E-state index contributed by atoms with van der Waals surface area (Å²) >= 11 is 0. The summed E-state index contributed by atoms with van der Waals surface area (Å²) in [6.07, 6.45) is 10.1. The number of aryl methyl sites for hydroxylation is 2. The monoisotopic (exact) mass is 247 g/mol. The second kappa shape index (κ2) is 6.96. The summed E-state index contributed by atoms with van der Waals surface area (Å²) in [5.41, 5.74) is 1.11. The van der Waals surface area contributed by atoms with Gasteiger partial charge in [0.05, 0.1) is 12.0 Å². The fourth-order valence-corrected chi connectivity index (χ4v) is 1.86. The third kappa shape index (κ3) is 4.00. The molecule has 18 heavy (non-hydrogen) atoms. The van der Waals surface area contributed by atoms with Crippen molar-refractivity contribution in [2.75, 3.05) is 6.54 Å². The predicted octanol–water partition coefficient (Wildman–Crippen LogP) is 1.67. The molecule has 0 bridgehead atoms. The molecule has 5 heteroatoms. The maximum absolute atomic E-state index is 4.38. The molecule has 2 aromatic heterocycles. The first-order valence-corrected chi connectivity index (χ1v) is 6.57. The van der Waals surface area contributed by atoms with Crippen molar-refractivity contribution in [2.45, 2.75) is 39.4 Å². The quantitative estimate of drug-likeness (QED) is 0.722. The summed E-state index contributed by atoms with van der Waals surface area (Å²) in [6, 6.07) is 1.95. The number of aromatic nitrogens is 4. The van der Waals surface area contributed by atoms with Gasteiger partial charge in [0.15, 0.2) is 0 Å². The Morgan fingerprint density at radius 3 is 3.06 bits per heavy atom. The first kappa shape index (κ1) is 12.8. The average Bonchev–Trinajstić information content (AvgIpc) is 3.01. The molecule has 2 aromatic rings. The molecule has 0 radical (unpaired) electrons. The second-order valence-electron chi connectivity index (χ2n) is 4.40. The molecule has 0 atom stereocenters. The molecule has 0 fully saturated rings. The van der Waals surface area contributed by atoms with Gasteiger partial charge in [-0.2, -0.15) is 5.10 Å². The highest BCUT2D eigenvalue weighted by Gasteiger charge is 1.98. The van der Waals surface area contributed by atoms with Crippen molar-refractivity contribution in [3.8, 4) is 0 Å². The van der Waals surface area contributed by atoms with Crippen LogP contribution in [0.3, 0.4) is 0 Å². The minimum Gasteiger partial charge on any atom is -0.337 e. The number of hydrogen-bond acceptors (Lipinski definition) is 3. The number of rotatable bonds is 8. The van der Waals surface area contributed by atoms with E-state index < -0.39 is 0 Å². The van der Waals surface area contributed by atoms with E-state index in [1.54, 1.807) is 0 Å². The number of imidazole rings is 1. The topological polar surface area (TPSA) is 47.7 Å². The number of nitrogens with one attached hydrogen (secondary N) is 1. The lowest BCUT2D eigenvalue weighted by molar-refractivity contribution is 0.526. The van der Waals surface area contributed by atoms with Crippen LogP contribution in [0.15, 0.2) is 31.0 Å². The third-order valence-corrected chi connectivity index (χ3v) is 2.78. The molecule has 0 unspecified atom stereocenters. The van der Waals surface area contributed by atoms with Crippen LogP contribution < -0.4 is 5.32 Å². The fraction of sp³-hybridized carbons (Fsp3) is 0.538. The maximum atomic E-state index is 4.38. The van der Waals surface area contributed by atoms with Gasteiger partial charge in [0.25, 0.3) is 0 Å². The Bertz CT molecular complexity index is 432. The summed E-state index contributed by atoms with van der Waals surface area (Å²) in [7, 11) is 0. The molecule has 0 aromatic carbocycles. The summed E-state index contributed by atoms with van der Waals surface area (Å²) in [4.78, 5) is 4.38. The maximum Gasteiger partial charge on any atom is 0.0949 e. The van der Waals surface area contributed by atoms with Crippen LogP contribution in [0.4, 0.5) is 0 Å². The van der Waals surface area contributed by atoms with Crippen LogP contribution in [0.2, 0.25) is 0 Å². The number of hydrogen-bond donors (Lipinski definition) is 1. The van der Waals surface area contributed by atoms with Crippen molar-refractivity contribution < 1.29 is 0 Å². The lowest BCUT2D eigenvalue weighted by Gasteiger charge is -2.02. The molecule has 0 spiro atoms. The van der Waals surface area contributed by atoms with Crippen LogP contribution in [0, 0.1) is 0 Å². The Morgan fingerprint density at radius 2 is 2.28 bits per heavy atom. The Kier molecular flexibility index (Phi) is 4.96. The highest BCUT2D eigenvalue weighted by Crippen LogP contribution is 1.99. The summed E-state index contributed by atoms with van der Waals surface area (Å²) in [6.45, 7) is 6.02. The molecule has 0 saturated carbocycles. The Morgan fingerprint density at radius 1 is 1.33 bits per heavy atom. The van der Waals surface area contributed by atoms with Crippen LogP contribution in [0.1, 0.15) is 25.5 Å². The van der Waals surface area contributed by atoms with Crippen LogP contribution in [-0.2, 0) is 19.6 Å². The molecule has 5 nitrogen and oxygen atoms in total. The molecule has 2 rings (SSSR count). The predicted molar refractivity (Wildman–Crippen MR) is 71.1 cm³/mol. The molecule has 0 aliphatic heterocycles. The largest absolute Gasteiger partial charge is 0.337 e. The standard InChI is InChI=1S/C13H21N5/c1-2-5-14-10-13-11-17(12-15-13)7-4-9-18-8-3-6-16-18/h3,6,8,11-12,14H,2,4-5,7,9-10H2,1H3. The van der Waals surface area contributed by atoms with E-state index in [9.17, 15) is 0 Å². The van der Waals surface area contributed by atoms with Gasteiger partial charge < -0.3 is 9.88 Å². The third-order valence-electron chi connectivity index (χ3n) is 2.78. The fourth-order valence-electron chi connectivity index (χ4n) is 1.86. The average molecular weight is 247 g/mol. The van der Waals surface area contributed by atoms with Crippen LogP contribution in [0.25, 0.3) is 0 Å². The molecule has 1 N–H and O–H groups in total. The van der Waals surface area contributed by atoms with Crippen molar-refractivity contribution in [3.63, 3.8) is 0 Å². The Labute approximate surface area is 108 Å². The van der Waals surface area contributed by atoms with E-state index in [2.05, 4.69) is 33.1 Å². The van der Waals surface area contributed by atoms with E-state index in [1.807, 2.05) is 29.5 Å². The molecular formula is C13H21N5. The van der Waals surface area contributed by atoms with E-state index >= 15 is 0 Å². The van der Waals surface area contributed by atoms with Gasteiger partial charge in [0.2, 0.25) is 0 Å². The van der Waals surface area contributed by atoms with Gasteiger partial charge in [-0.3, -0.25) is 4.68 Å². The van der Waals surface area contributed by atoms with Crippen molar-refractivity contribution in [1.82, 2.24) is 24.6 Å². The van der Waals surface area contributed by atoms with Gasteiger partial charge in [0.1, 0.15) is 0 Å². The van der Waals surface area contributed by atoms with Gasteiger partial charge in [-0.1, -0.05) is 6.92 Å². The van der Waals surface area contributed by atoms with Gasteiger partial charge in [-0.15, -0.1) is 0 Å². The van der Waals surface area contributed by atoms with Crippen molar-refractivity contribution in [1.29, 1.82) is 0 Å². The van der Waals surface area contributed by atoms with E-state index in [4.69, 9.17) is 0 Å². The van der Waals surface area contributed by atoms with E-state index in [0.717, 1.165) is 44.7 Å². The Hall–Kier alpha value is -1.62. The minimum atomic E-state index is 0.861. The second-order valence-corrected chi connectivity index (χ2v) is 4.40. The lowest BCUT2D eigenvalue weighted by atomic mass is 10.4. The molecule has 98 valence electrons. The zero-order chi connectivity index (χ0) is 12.6. The molecule has 0 amide bonds. The van der Waals surface area contributed by atoms with E-state index in [0.29, 0.717) is 0 Å². The number of nitrogens with zero attached hydrogens (tertiary/aromatic N) is 4. The zero-order valence-electron chi connectivity index (χ0n) is 10.9. The van der Waals surface area contributed by atoms with Gasteiger partial charge in [0, 0.05) is 38.2 Å². The summed E-state index contributed by atoms with van der Waals surface area (Å²) < 4.78 is 4.10. The molecular weight excluding hydrogens is 226 g/mol. The first-order chi connectivity index (χ1) is 8.88. The van der Waals surface area contributed by atoms with Crippen molar-refractivity contribution >= 4 is 0 Å². The summed E-state index contributed by atoms with van der Waals surface area (Å²) in [5.74, 6) is 0. The van der Waals surface area contributed by atoms with Crippen molar-refractivity contribution in [3.05, 3.63) is 36.7 Å². The van der Waals surface area contributed by atoms with Gasteiger partial charge in [-0.25, -0.2) is 4.98 Å². The highest BCUT2D eigenvalue weighted by atomic mass is 15.3. The molecule has 0 saturated heterocycles. The molecule has 0 aliphatic carbocycles.